The van der Waals surface area contributed by atoms with Crippen molar-refractivity contribution in [3.05, 3.63) is 28.4 Å². The summed E-state index contributed by atoms with van der Waals surface area (Å²) in [5, 5.41) is 3.53. The zero-order chi connectivity index (χ0) is 19.6. The lowest BCUT2D eigenvalue weighted by Gasteiger charge is -2.20. The van der Waals surface area contributed by atoms with Gasteiger partial charge in [0.15, 0.2) is 5.78 Å². The molecule has 1 fully saturated rings. The molecule has 1 aromatic carbocycles. The average molecular weight is 391 g/mol. The van der Waals surface area contributed by atoms with E-state index in [4.69, 9.17) is 16.3 Å². The maximum Gasteiger partial charge on any atom is 0.338 e. The second-order valence-electron chi connectivity index (χ2n) is 6.85. The first kappa shape index (κ1) is 19.4. The summed E-state index contributed by atoms with van der Waals surface area (Å²) in [6, 6.07) is 3.14. The van der Waals surface area contributed by atoms with Gasteiger partial charge in [-0.05, 0) is 31.9 Å². The van der Waals surface area contributed by atoms with Gasteiger partial charge in [-0.2, -0.15) is 0 Å². The first-order chi connectivity index (χ1) is 12.9. The molecule has 0 bridgehead atoms. The number of ether oxygens (including phenoxy) is 1. The monoisotopic (exact) mass is 390 g/mol. The number of ketones is 1. The third-order valence-electron chi connectivity index (χ3n) is 4.88. The Bertz CT molecular complexity index is 897. The lowest BCUT2D eigenvalue weighted by Crippen LogP contribution is -2.20. The van der Waals surface area contributed by atoms with E-state index in [2.05, 4.69) is 10.3 Å². The molecular weight excluding hydrogens is 368 g/mol. The van der Waals surface area contributed by atoms with Gasteiger partial charge in [0.2, 0.25) is 5.91 Å². The highest BCUT2D eigenvalue weighted by Crippen LogP contribution is 2.37. The van der Waals surface area contributed by atoms with Crippen LogP contribution in [0.15, 0.2) is 12.1 Å². The van der Waals surface area contributed by atoms with Crippen LogP contribution in [-0.4, -0.2) is 29.3 Å². The molecule has 1 aliphatic carbocycles. The van der Waals surface area contributed by atoms with Crippen molar-refractivity contribution >= 4 is 45.9 Å². The quantitative estimate of drug-likeness (QED) is 0.571. The van der Waals surface area contributed by atoms with Crippen molar-refractivity contribution in [2.45, 2.75) is 46.0 Å². The summed E-state index contributed by atoms with van der Waals surface area (Å²) in [6.07, 6.45) is 4.84. The largest absolute Gasteiger partial charge is 0.462 e. The van der Waals surface area contributed by atoms with Gasteiger partial charge in [0.1, 0.15) is 5.69 Å². The fourth-order valence-electron chi connectivity index (χ4n) is 3.72. The molecule has 1 amide bonds. The maximum absolute atomic E-state index is 13.1. The van der Waals surface area contributed by atoms with Gasteiger partial charge >= 0.3 is 5.97 Å². The van der Waals surface area contributed by atoms with Gasteiger partial charge in [-0.15, -0.1) is 0 Å². The Morgan fingerprint density at radius 3 is 2.56 bits per heavy atom. The number of aromatic amines is 1. The van der Waals surface area contributed by atoms with Crippen LogP contribution in [0.2, 0.25) is 5.02 Å². The summed E-state index contributed by atoms with van der Waals surface area (Å²) in [4.78, 5) is 40.5. The molecule has 0 unspecified atom stereocenters. The van der Waals surface area contributed by atoms with Crippen molar-refractivity contribution in [2.24, 2.45) is 5.92 Å². The SMILES string of the molecule is CCOC(=O)c1cc(Cl)cc2[nH]c(C(=O)C3CCCCC3)c(NC(C)=O)c12. The second-order valence-corrected chi connectivity index (χ2v) is 7.29. The van der Waals surface area contributed by atoms with E-state index in [9.17, 15) is 14.4 Å². The molecule has 1 heterocycles. The number of rotatable bonds is 5. The summed E-state index contributed by atoms with van der Waals surface area (Å²) < 4.78 is 5.13. The first-order valence-electron chi connectivity index (χ1n) is 9.26. The number of fused-ring (bicyclic) bond motifs is 1. The van der Waals surface area contributed by atoms with E-state index in [-0.39, 0.29) is 29.8 Å². The number of H-pyrrole nitrogens is 1. The number of carbonyl (C=O) groups excluding carboxylic acids is 3. The Hall–Kier alpha value is -2.34. The minimum atomic E-state index is -0.549. The van der Waals surface area contributed by atoms with E-state index >= 15 is 0 Å². The summed E-state index contributed by atoms with van der Waals surface area (Å²) >= 11 is 6.16. The molecule has 6 nitrogen and oxygen atoms in total. The van der Waals surface area contributed by atoms with Crippen molar-refractivity contribution in [1.29, 1.82) is 0 Å². The van der Waals surface area contributed by atoms with Gasteiger partial charge in [-0.3, -0.25) is 9.59 Å². The molecular formula is C20H23ClN2O4. The van der Waals surface area contributed by atoms with Crippen molar-refractivity contribution in [3.8, 4) is 0 Å². The lowest BCUT2D eigenvalue weighted by molar-refractivity contribution is -0.114. The van der Waals surface area contributed by atoms with Crippen LogP contribution in [0.1, 0.15) is 66.8 Å². The molecule has 2 aromatic rings. The van der Waals surface area contributed by atoms with Crippen LogP contribution >= 0.6 is 11.6 Å². The molecule has 0 aliphatic heterocycles. The fraction of sp³-hybridized carbons (Fsp3) is 0.450. The number of amides is 1. The maximum atomic E-state index is 13.1. The summed E-state index contributed by atoms with van der Waals surface area (Å²) in [6.45, 7) is 3.29. The standard InChI is InChI=1S/C20H23ClN2O4/c1-3-27-20(26)14-9-13(21)10-15-16(14)17(22-11(2)24)18(23-15)19(25)12-7-5-4-6-8-12/h9-10,12,23H,3-8H2,1-2H3,(H,22,24). The number of nitrogens with one attached hydrogen (secondary N) is 2. The highest BCUT2D eigenvalue weighted by Gasteiger charge is 2.29. The predicted octanol–water partition coefficient (Wildman–Crippen LogP) is 4.72. The zero-order valence-electron chi connectivity index (χ0n) is 15.5. The number of anilines is 1. The highest BCUT2D eigenvalue weighted by molar-refractivity contribution is 6.32. The third-order valence-corrected chi connectivity index (χ3v) is 5.10. The molecule has 1 aliphatic rings. The number of halogens is 1. The molecule has 144 valence electrons. The van der Waals surface area contributed by atoms with Gasteiger partial charge < -0.3 is 15.0 Å². The van der Waals surface area contributed by atoms with E-state index in [0.717, 1.165) is 32.1 Å². The van der Waals surface area contributed by atoms with E-state index in [1.807, 2.05) is 0 Å². The highest BCUT2D eigenvalue weighted by atomic mass is 35.5. The van der Waals surface area contributed by atoms with Crippen LogP contribution in [-0.2, 0) is 9.53 Å². The van der Waals surface area contributed by atoms with E-state index in [1.54, 1.807) is 13.0 Å². The minimum Gasteiger partial charge on any atom is -0.462 e. The van der Waals surface area contributed by atoms with Gasteiger partial charge in [-0.1, -0.05) is 30.9 Å². The Morgan fingerprint density at radius 2 is 1.93 bits per heavy atom. The van der Waals surface area contributed by atoms with Gasteiger partial charge in [-0.25, -0.2) is 4.79 Å². The summed E-state index contributed by atoms with van der Waals surface area (Å²) in [5.41, 5.74) is 1.39. The van der Waals surface area contributed by atoms with Crippen LogP contribution < -0.4 is 5.32 Å². The third kappa shape index (κ3) is 4.00. The smallest absolute Gasteiger partial charge is 0.338 e. The number of esters is 1. The number of Topliss-reactive ketones (excluding diaryl/α,β-unsaturated/α-hetero) is 1. The predicted molar refractivity (Wildman–Crippen MR) is 104 cm³/mol. The minimum absolute atomic E-state index is 0.0411. The van der Waals surface area contributed by atoms with Crippen LogP contribution in [0.3, 0.4) is 0 Å². The van der Waals surface area contributed by atoms with Crippen molar-refractivity contribution in [1.82, 2.24) is 4.98 Å². The van der Waals surface area contributed by atoms with E-state index < -0.39 is 5.97 Å². The molecule has 0 radical (unpaired) electrons. The molecule has 0 spiro atoms. The molecule has 1 saturated carbocycles. The molecule has 0 saturated heterocycles. The summed E-state index contributed by atoms with van der Waals surface area (Å²) in [7, 11) is 0. The van der Waals surface area contributed by atoms with Crippen LogP contribution in [0, 0.1) is 5.92 Å². The number of benzene rings is 1. The Kier molecular flexibility index (Phi) is 5.85. The Morgan fingerprint density at radius 1 is 1.22 bits per heavy atom. The number of aromatic nitrogens is 1. The molecule has 1 aromatic heterocycles. The molecule has 3 rings (SSSR count). The van der Waals surface area contributed by atoms with Crippen LogP contribution in [0.5, 0.6) is 0 Å². The van der Waals surface area contributed by atoms with Crippen molar-refractivity contribution in [3.63, 3.8) is 0 Å². The lowest BCUT2D eigenvalue weighted by atomic mass is 9.85. The molecule has 27 heavy (non-hydrogen) atoms. The average Bonchev–Trinajstić information content (AvgIpc) is 2.98. The van der Waals surface area contributed by atoms with E-state index in [1.165, 1.54) is 13.0 Å². The van der Waals surface area contributed by atoms with Crippen molar-refractivity contribution in [2.75, 3.05) is 11.9 Å². The topological polar surface area (TPSA) is 88.3 Å². The normalized spacial score (nSPS) is 14.9. The first-order valence-corrected chi connectivity index (χ1v) is 9.64. The van der Waals surface area contributed by atoms with Crippen LogP contribution in [0.25, 0.3) is 10.9 Å². The molecule has 0 atom stereocenters. The van der Waals surface area contributed by atoms with Crippen molar-refractivity contribution < 1.29 is 19.1 Å². The zero-order valence-corrected chi connectivity index (χ0v) is 16.2. The number of hydrogen-bond donors (Lipinski definition) is 2. The van der Waals surface area contributed by atoms with Gasteiger partial charge in [0.05, 0.1) is 23.4 Å². The summed E-state index contributed by atoms with van der Waals surface area (Å²) in [5.74, 6) is -0.993. The second kappa shape index (κ2) is 8.13. The molecule has 7 heteroatoms. The van der Waals surface area contributed by atoms with Gasteiger partial charge in [0, 0.05) is 23.3 Å². The van der Waals surface area contributed by atoms with Gasteiger partial charge in [0.25, 0.3) is 0 Å². The molecule has 2 N–H and O–H groups in total. The van der Waals surface area contributed by atoms with E-state index in [0.29, 0.717) is 27.3 Å². The Balaban J connectivity index is 2.18. The fourth-order valence-corrected chi connectivity index (χ4v) is 3.94. The Labute approximate surface area is 162 Å². The van der Waals surface area contributed by atoms with Crippen LogP contribution in [0.4, 0.5) is 5.69 Å². The number of hydrogen-bond acceptors (Lipinski definition) is 4. The number of carbonyl (C=O) groups is 3.